The van der Waals surface area contributed by atoms with Crippen LogP contribution in [0.5, 0.6) is 0 Å². The second-order valence-electron chi connectivity index (χ2n) is 4.70. The maximum Gasteiger partial charge on any atom is 0.223 e. The van der Waals surface area contributed by atoms with Crippen molar-refractivity contribution in [3.63, 3.8) is 0 Å². The van der Waals surface area contributed by atoms with Gasteiger partial charge >= 0.3 is 0 Å². The molecule has 2 rings (SSSR count). The van der Waals surface area contributed by atoms with Crippen molar-refractivity contribution in [2.75, 3.05) is 0 Å². The number of nitrogens with zero attached hydrogens (tertiary/aromatic N) is 1. The Labute approximate surface area is 84.5 Å². The average molecular weight is 192 g/mol. The van der Waals surface area contributed by atoms with E-state index in [1.54, 1.807) is 0 Å². The third-order valence-corrected chi connectivity index (χ3v) is 3.40. The molecule has 3 heteroatoms. The van der Waals surface area contributed by atoms with E-state index in [2.05, 4.69) is 11.4 Å². The molecule has 2 fully saturated rings. The molecule has 76 valence electrons. The lowest BCUT2D eigenvalue weighted by Gasteiger charge is -2.15. The van der Waals surface area contributed by atoms with E-state index >= 15 is 0 Å². The van der Waals surface area contributed by atoms with Gasteiger partial charge in [-0.3, -0.25) is 4.79 Å². The molecular formula is C11H16N2O. The fourth-order valence-electron chi connectivity index (χ4n) is 2.48. The fourth-order valence-corrected chi connectivity index (χ4v) is 2.48. The minimum absolute atomic E-state index is 0.00410. The van der Waals surface area contributed by atoms with Crippen molar-refractivity contribution < 1.29 is 4.79 Å². The highest BCUT2D eigenvalue weighted by Crippen LogP contribution is 2.54. The fraction of sp³-hybridized carbons (Fsp3) is 0.818. The van der Waals surface area contributed by atoms with E-state index in [0.29, 0.717) is 6.42 Å². The van der Waals surface area contributed by atoms with E-state index in [1.165, 1.54) is 6.42 Å². The second kappa shape index (κ2) is 3.61. The van der Waals surface area contributed by atoms with Crippen molar-refractivity contribution in [2.45, 2.75) is 38.6 Å². The van der Waals surface area contributed by atoms with Crippen molar-refractivity contribution in [2.24, 2.45) is 17.8 Å². The van der Waals surface area contributed by atoms with Gasteiger partial charge in [0.05, 0.1) is 12.5 Å². The summed E-state index contributed by atoms with van der Waals surface area (Å²) in [4.78, 5) is 11.7. The predicted octanol–water partition coefficient (Wildman–Crippen LogP) is 1.45. The van der Waals surface area contributed by atoms with Crippen molar-refractivity contribution >= 4 is 5.91 Å². The van der Waals surface area contributed by atoms with Crippen LogP contribution in [0, 0.1) is 29.1 Å². The Bertz CT molecular complexity index is 272. The van der Waals surface area contributed by atoms with Gasteiger partial charge in [-0.15, -0.1) is 0 Å². The van der Waals surface area contributed by atoms with E-state index in [9.17, 15) is 4.79 Å². The van der Waals surface area contributed by atoms with Crippen LogP contribution < -0.4 is 5.32 Å². The molecule has 0 aromatic heterocycles. The van der Waals surface area contributed by atoms with Gasteiger partial charge in [0, 0.05) is 12.0 Å². The van der Waals surface area contributed by atoms with E-state index < -0.39 is 0 Å². The summed E-state index contributed by atoms with van der Waals surface area (Å²) >= 11 is 0. The highest BCUT2D eigenvalue weighted by molar-refractivity contribution is 5.79. The first kappa shape index (κ1) is 9.51. The number of carbonyl (C=O) groups excluding carboxylic acids is 1. The molecule has 0 radical (unpaired) electrons. The number of fused-ring (bicyclic) bond motifs is 1. The molecule has 0 aromatic rings. The van der Waals surface area contributed by atoms with Crippen LogP contribution in [-0.4, -0.2) is 11.9 Å². The summed E-state index contributed by atoms with van der Waals surface area (Å²) < 4.78 is 0. The first-order chi connectivity index (χ1) is 6.70. The lowest BCUT2D eigenvalue weighted by atomic mass is 10.0. The van der Waals surface area contributed by atoms with Gasteiger partial charge in [0.1, 0.15) is 0 Å². The smallest absolute Gasteiger partial charge is 0.223 e. The Morgan fingerprint density at radius 3 is 2.71 bits per heavy atom. The predicted molar refractivity (Wildman–Crippen MR) is 52.2 cm³/mol. The first-order valence-electron chi connectivity index (χ1n) is 5.38. The maximum absolute atomic E-state index is 11.7. The Balaban J connectivity index is 1.76. The van der Waals surface area contributed by atoms with Crippen molar-refractivity contribution in [3.8, 4) is 6.07 Å². The molecular weight excluding hydrogens is 176 g/mol. The van der Waals surface area contributed by atoms with E-state index in [4.69, 9.17) is 5.26 Å². The highest BCUT2D eigenvalue weighted by atomic mass is 16.1. The van der Waals surface area contributed by atoms with Crippen LogP contribution in [0.3, 0.4) is 0 Å². The Hall–Kier alpha value is -1.04. The van der Waals surface area contributed by atoms with Gasteiger partial charge < -0.3 is 5.32 Å². The van der Waals surface area contributed by atoms with Gasteiger partial charge in [-0.2, -0.15) is 5.26 Å². The molecule has 0 heterocycles. The molecule has 1 N–H and O–H groups in total. The van der Waals surface area contributed by atoms with Crippen LogP contribution in [0.4, 0.5) is 0 Å². The number of hydrogen-bond acceptors (Lipinski definition) is 2. The standard InChI is InChI=1S/C11H16N2O/c1-7(2-3-12)13-11(14)10-5-8-4-9(8)6-10/h7-10H,2,4-6H2,1H3,(H,13,14). The number of hydrogen-bond donors (Lipinski definition) is 1. The Morgan fingerprint density at radius 1 is 1.50 bits per heavy atom. The first-order valence-corrected chi connectivity index (χ1v) is 5.38. The molecule has 2 aliphatic rings. The average Bonchev–Trinajstić information content (AvgIpc) is 2.74. The van der Waals surface area contributed by atoms with Crippen molar-refractivity contribution in [1.82, 2.24) is 5.32 Å². The molecule has 0 saturated heterocycles. The van der Waals surface area contributed by atoms with Crippen molar-refractivity contribution in [3.05, 3.63) is 0 Å². The van der Waals surface area contributed by atoms with Crippen LogP contribution in [0.25, 0.3) is 0 Å². The van der Waals surface area contributed by atoms with E-state index in [0.717, 1.165) is 24.7 Å². The summed E-state index contributed by atoms with van der Waals surface area (Å²) in [6.07, 6.45) is 3.91. The number of rotatable bonds is 3. The SMILES string of the molecule is CC(CC#N)NC(=O)C1CC2CC2C1. The summed E-state index contributed by atoms with van der Waals surface area (Å²) in [5.41, 5.74) is 0. The molecule has 3 unspecified atom stereocenters. The summed E-state index contributed by atoms with van der Waals surface area (Å²) in [6, 6.07) is 2.07. The zero-order valence-corrected chi connectivity index (χ0v) is 8.49. The maximum atomic E-state index is 11.7. The molecule has 0 aromatic carbocycles. The highest BCUT2D eigenvalue weighted by Gasteiger charge is 2.47. The lowest BCUT2D eigenvalue weighted by Crippen LogP contribution is -2.36. The molecule has 3 atom stereocenters. The number of nitrogens with one attached hydrogen (secondary N) is 1. The Morgan fingerprint density at radius 2 is 2.14 bits per heavy atom. The van der Waals surface area contributed by atoms with Crippen LogP contribution in [-0.2, 0) is 4.79 Å². The minimum Gasteiger partial charge on any atom is -0.352 e. The van der Waals surface area contributed by atoms with Crippen LogP contribution in [0.2, 0.25) is 0 Å². The topological polar surface area (TPSA) is 52.9 Å². The molecule has 0 spiro atoms. The van der Waals surface area contributed by atoms with Gasteiger partial charge in [-0.25, -0.2) is 0 Å². The van der Waals surface area contributed by atoms with E-state index in [1.807, 2.05) is 6.92 Å². The number of carbonyl (C=O) groups is 1. The van der Waals surface area contributed by atoms with Crippen LogP contribution >= 0.6 is 0 Å². The van der Waals surface area contributed by atoms with Gasteiger partial charge in [0.25, 0.3) is 0 Å². The molecule has 2 aliphatic carbocycles. The Kier molecular flexibility index (Phi) is 2.45. The molecule has 0 bridgehead atoms. The summed E-state index contributed by atoms with van der Waals surface area (Å²) in [6.45, 7) is 1.89. The quantitative estimate of drug-likeness (QED) is 0.735. The summed E-state index contributed by atoms with van der Waals surface area (Å²) in [7, 11) is 0. The zero-order chi connectivity index (χ0) is 10.1. The normalized spacial score (nSPS) is 35.6. The monoisotopic (exact) mass is 192 g/mol. The van der Waals surface area contributed by atoms with Gasteiger partial charge in [-0.05, 0) is 38.0 Å². The molecule has 0 aliphatic heterocycles. The molecule has 3 nitrogen and oxygen atoms in total. The third kappa shape index (κ3) is 1.89. The second-order valence-corrected chi connectivity index (χ2v) is 4.70. The zero-order valence-electron chi connectivity index (χ0n) is 8.49. The largest absolute Gasteiger partial charge is 0.352 e. The third-order valence-electron chi connectivity index (χ3n) is 3.40. The number of nitriles is 1. The molecule has 14 heavy (non-hydrogen) atoms. The minimum atomic E-state index is 0.00410. The van der Waals surface area contributed by atoms with Gasteiger partial charge in [0.15, 0.2) is 0 Å². The summed E-state index contributed by atoms with van der Waals surface area (Å²) in [5.74, 6) is 2.09. The number of amides is 1. The van der Waals surface area contributed by atoms with E-state index in [-0.39, 0.29) is 17.9 Å². The van der Waals surface area contributed by atoms with Gasteiger partial charge in [-0.1, -0.05) is 0 Å². The summed E-state index contributed by atoms with van der Waals surface area (Å²) in [5, 5.41) is 11.4. The van der Waals surface area contributed by atoms with Gasteiger partial charge in [0.2, 0.25) is 5.91 Å². The molecule has 2 saturated carbocycles. The van der Waals surface area contributed by atoms with Crippen LogP contribution in [0.1, 0.15) is 32.6 Å². The van der Waals surface area contributed by atoms with Crippen LogP contribution in [0.15, 0.2) is 0 Å². The van der Waals surface area contributed by atoms with Crippen molar-refractivity contribution in [1.29, 1.82) is 5.26 Å². The lowest BCUT2D eigenvalue weighted by molar-refractivity contribution is -0.125. The molecule has 1 amide bonds.